The molecule has 0 saturated carbocycles. The van der Waals surface area contributed by atoms with Gasteiger partial charge in [-0.25, -0.2) is 9.78 Å². The molecule has 0 aliphatic heterocycles. The summed E-state index contributed by atoms with van der Waals surface area (Å²) in [5.74, 6) is -1.12. The topological polar surface area (TPSA) is 86.1 Å². The summed E-state index contributed by atoms with van der Waals surface area (Å²) in [5, 5.41) is 10.0. The Morgan fingerprint density at radius 3 is 2.69 bits per heavy atom. The van der Waals surface area contributed by atoms with Crippen LogP contribution in [0.15, 0.2) is 36.0 Å². The quantitative estimate of drug-likeness (QED) is 0.564. The Labute approximate surface area is 181 Å². The number of hydrogen-bond donors (Lipinski definition) is 1. The fraction of sp³-hybridized carbons (Fsp3) is 0.263. The average molecular weight is 453 g/mol. The average Bonchev–Trinajstić information content (AvgIpc) is 3.30. The lowest BCUT2D eigenvalue weighted by molar-refractivity contribution is -0.129. The van der Waals surface area contributed by atoms with Crippen LogP contribution in [0, 0.1) is 0 Å². The molecule has 1 aromatic carbocycles. The summed E-state index contributed by atoms with van der Waals surface area (Å²) in [5.41, 5.74) is 1.65. The Morgan fingerprint density at radius 2 is 2.03 bits per heavy atom. The lowest BCUT2D eigenvalue weighted by atomic mass is 10.1. The summed E-state index contributed by atoms with van der Waals surface area (Å²) in [4.78, 5) is 29.0. The summed E-state index contributed by atoms with van der Waals surface area (Å²) in [6.07, 6.45) is 2.46. The van der Waals surface area contributed by atoms with E-state index in [9.17, 15) is 9.59 Å². The number of rotatable bonds is 6. The van der Waals surface area contributed by atoms with E-state index < -0.39 is 18.0 Å². The first-order chi connectivity index (χ1) is 13.7. The molecular formula is C19H18Cl2N4O3S. The van der Waals surface area contributed by atoms with Crippen LogP contribution in [-0.2, 0) is 16.6 Å². The Kier molecular flexibility index (Phi) is 6.56. The van der Waals surface area contributed by atoms with E-state index in [1.807, 2.05) is 0 Å². The van der Waals surface area contributed by atoms with Crippen molar-refractivity contribution in [3.63, 3.8) is 0 Å². The summed E-state index contributed by atoms with van der Waals surface area (Å²) < 4.78 is 6.91. The van der Waals surface area contributed by atoms with E-state index in [1.54, 1.807) is 54.6 Å². The minimum absolute atomic E-state index is 0.141. The molecule has 2 aromatic heterocycles. The van der Waals surface area contributed by atoms with Gasteiger partial charge in [0.05, 0.1) is 12.2 Å². The van der Waals surface area contributed by atoms with E-state index >= 15 is 0 Å². The SMILES string of the molecule is CC(OC(=O)c1csc(-c2cnn(C)c2)n1)C(=O)NC(C)c1ccc(Cl)cc1Cl. The predicted molar refractivity (Wildman–Crippen MR) is 112 cm³/mol. The molecular weight excluding hydrogens is 435 g/mol. The lowest BCUT2D eigenvalue weighted by Crippen LogP contribution is -2.37. The second-order valence-electron chi connectivity index (χ2n) is 6.38. The maximum atomic E-state index is 12.4. The highest BCUT2D eigenvalue weighted by Gasteiger charge is 2.23. The molecule has 10 heteroatoms. The molecule has 2 heterocycles. The number of hydrogen-bond acceptors (Lipinski definition) is 6. The van der Waals surface area contributed by atoms with Crippen molar-refractivity contribution in [2.24, 2.45) is 7.05 Å². The molecule has 0 spiro atoms. The minimum Gasteiger partial charge on any atom is -0.448 e. The van der Waals surface area contributed by atoms with Crippen molar-refractivity contribution in [3.05, 3.63) is 57.3 Å². The van der Waals surface area contributed by atoms with Crippen molar-refractivity contribution in [2.45, 2.75) is 26.0 Å². The fourth-order valence-corrected chi connectivity index (χ4v) is 3.90. The monoisotopic (exact) mass is 452 g/mol. The number of aromatic nitrogens is 3. The zero-order valence-corrected chi connectivity index (χ0v) is 18.2. The summed E-state index contributed by atoms with van der Waals surface area (Å²) >= 11 is 13.4. The van der Waals surface area contributed by atoms with Crippen LogP contribution in [0.3, 0.4) is 0 Å². The number of amides is 1. The van der Waals surface area contributed by atoms with Gasteiger partial charge in [-0.1, -0.05) is 29.3 Å². The Hall–Kier alpha value is -2.42. The van der Waals surface area contributed by atoms with Crippen LogP contribution in [0.5, 0.6) is 0 Å². The molecule has 0 aliphatic rings. The second kappa shape index (κ2) is 8.94. The maximum Gasteiger partial charge on any atom is 0.358 e. The zero-order valence-electron chi connectivity index (χ0n) is 15.8. The standard InChI is InChI=1S/C19H18Cl2N4O3S/c1-10(14-5-4-13(20)6-15(14)21)23-17(26)11(2)28-19(27)16-9-29-18(24-16)12-7-22-25(3)8-12/h4-11H,1-3H3,(H,23,26). The largest absolute Gasteiger partial charge is 0.448 e. The predicted octanol–water partition coefficient (Wildman–Crippen LogP) is 4.27. The van der Waals surface area contributed by atoms with E-state index in [4.69, 9.17) is 27.9 Å². The van der Waals surface area contributed by atoms with Gasteiger partial charge in [-0.3, -0.25) is 9.48 Å². The number of nitrogens with zero attached hydrogens (tertiary/aromatic N) is 3. The van der Waals surface area contributed by atoms with Gasteiger partial charge in [0.1, 0.15) is 5.01 Å². The van der Waals surface area contributed by atoms with Crippen LogP contribution in [0.25, 0.3) is 10.6 Å². The van der Waals surface area contributed by atoms with Crippen LogP contribution in [0.1, 0.15) is 35.9 Å². The van der Waals surface area contributed by atoms with E-state index in [2.05, 4.69) is 15.4 Å². The number of aryl methyl sites for hydroxylation is 1. The van der Waals surface area contributed by atoms with Crippen molar-refractivity contribution in [2.75, 3.05) is 0 Å². The van der Waals surface area contributed by atoms with Crippen molar-refractivity contribution < 1.29 is 14.3 Å². The Balaban J connectivity index is 1.60. The van der Waals surface area contributed by atoms with Gasteiger partial charge in [-0.15, -0.1) is 11.3 Å². The van der Waals surface area contributed by atoms with Crippen molar-refractivity contribution >= 4 is 46.4 Å². The number of nitrogens with one attached hydrogen (secondary N) is 1. The van der Waals surface area contributed by atoms with E-state index in [0.717, 1.165) is 5.56 Å². The van der Waals surface area contributed by atoms with Crippen molar-refractivity contribution in [1.29, 1.82) is 0 Å². The van der Waals surface area contributed by atoms with Crippen LogP contribution < -0.4 is 5.32 Å². The lowest BCUT2D eigenvalue weighted by Gasteiger charge is -2.19. The van der Waals surface area contributed by atoms with Crippen molar-refractivity contribution in [3.8, 4) is 10.6 Å². The van der Waals surface area contributed by atoms with Gasteiger partial charge in [-0.2, -0.15) is 5.10 Å². The number of halogens is 2. The van der Waals surface area contributed by atoms with Gasteiger partial charge in [0, 0.05) is 34.2 Å². The highest BCUT2D eigenvalue weighted by atomic mass is 35.5. The molecule has 7 nitrogen and oxygen atoms in total. The number of ether oxygens (including phenoxy) is 1. The molecule has 3 rings (SSSR count). The van der Waals surface area contributed by atoms with Crippen LogP contribution in [0.2, 0.25) is 10.0 Å². The van der Waals surface area contributed by atoms with E-state index in [0.29, 0.717) is 20.6 Å². The minimum atomic E-state index is -1.00. The second-order valence-corrected chi connectivity index (χ2v) is 8.09. The van der Waals surface area contributed by atoms with Gasteiger partial charge in [-0.05, 0) is 31.5 Å². The summed E-state index contributed by atoms with van der Waals surface area (Å²) in [6.45, 7) is 3.28. The molecule has 1 N–H and O–H groups in total. The zero-order chi connectivity index (χ0) is 21.1. The van der Waals surface area contributed by atoms with Gasteiger partial charge < -0.3 is 10.1 Å². The van der Waals surface area contributed by atoms with Crippen LogP contribution in [0.4, 0.5) is 0 Å². The third kappa shape index (κ3) is 5.14. The first kappa shape index (κ1) is 21.3. The first-order valence-corrected chi connectivity index (χ1v) is 10.3. The molecule has 152 valence electrons. The van der Waals surface area contributed by atoms with Crippen LogP contribution >= 0.6 is 34.5 Å². The summed E-state index contributed by atoms with van der Waals surface area (Å²) in [7, 11) is 1.80. The molecule has 0 radical (unpaired) electrons. The third-order valence-corrected chi connectivity index (χ3v) is 5.56. The number of benzene rings is 1. The molecule has 0 saturated heterocycles. The molecule has 29 heavy (non-hydrogen) atoms. The number of carbonyl (C=O) groups is 2. The Morgan fingerprint density at radius 1 is 1.28 bits per heavy atom. The normalized spacial score (nSPS) is 13.0. The molecule has 2 atom stereocenters. The molecule has 3 aromatic rings. The number of carbonyl (C=O) groups excluding carboxylic acids is 2. The molecule has 2 unspecified atom stereocenters. The van der Waals surface area contributed by atoms with Crippen molar-refractivity contribution in [1.82, 2.24) is 20.1 Å². The van der Waals surface area contributed by atoms with Gasteiger partial charge in [0.25, 0.3) is 5.91 Å². The Bertz CT molecular complexity index is 1050. The van der Waals surface area contributed by atoms with Crippen LogP contribution in [-0.4, -0.2) is 32.7 Å². The van der Waals surface area contributed by atoms with Gasteiger partial charge in [0.15, 0.2) is 11.8 Å². The maximum absolute atomic E-state index is 12.4. The van der Waals surface area contributed by atoms with E-state index in [1.165, 1.54) is 18.3 Å². The molecule has 0 fully saturated rings. The number of esters is 1. The highest BCUT2D eigenvalue weighted by Crippen LogP contribution is 2.26. The highest BCUT2D eigenvalue weighted by molar-refractivity contribution is 7.13. The molecule has 1 amide bonds. The number of thiazole rings is 1. The third-order valence-electron chi connectivity index (χ3n) is 4.11. The molecule has 0 aliphatic carbocycles. The smallest absolute Gasteiger partial charge is 0.358 e. The fourth-order valence-electron chi connectivity index (χ4n) is 2.57. The van der Waals surface area contributed by atoms with E-state index in [-0.39, 0.29) is 11.7 Å². The van der Waals surface area contributed by atoms with Gasteiger partial charge >= 0.3 is 5.97 Å². The molecule has 0 bridgehead atoms. The van der Waals surface area contributed by atoms with Gasteiger partial charge in [0.2, 0.25) is 0 Å². The summed E-state index contributed by atoms with van der Waals surface area (Å²) in [6, 6.07) is 4.65. The first-order valence-electron chi connectivity index (χ1n) is 8.65.